The molecule has 1 saturated carbocycles. The smallest absolute Gasteiger partial charge is 0.224 e. The van der Waals surface area contributed by atoms with E-state index in [1.165, 1.54) is 12.5 Å². The number of amides is 1. The van der Waals surface area contributed by atoms with Crippen LogP contribution in [0.2, 0.25) is 0 Å². The summed E-state index contributed by atoms with van der Waals surface area (Å²) in [6.07, 6.45) is 4.44. The van der Waals surface area contributed by atoms with Gasteiger partial charge in [-0.15, -0.1) is 0 Å². The van der Waals surface area contributed by atoms with Crippen molar-refractivity contribution < 1.29 is 9.18 Å². The van der Waals surface area contributed by atoms with Crippen molar-refractivity contribution in [3.8, 4) is 0 Å². The molecule has 0 spiro atoms. The number of hydrogen-bond acceptors (Lipinski definition) is 1. The Morgan fingerprint density at radius 2 is 2.25 bits per heavy atom. The van der Waals surface area contributed by atoms with E-state index in [1.807, 2.05) is 0 Å². The summed E-state index contributed by atoms with van der Waals surface area (Å²) in [6, 6.07) is 6.46. The topological polar surface area (TPSA) is 29.1 Å². The van der Waals surface area contributed by atoms with Crippen LogP contribution < -0.4 is 5.32 Å². The highest BCUT2D eigenvalue weighted by atomic mass is 79.9. The van der Waals surface area contributed by atoms with Gasteiger partial charge in [-0.25, -0.2) is 4.39 Å². The lowest BCUT2D eigenvalue weighted by Crippen LogP contribution is -2.53. The summed E-state index contributed by atoms with van der Waals surface area (Å²) in [5.41, 5.74) is 0.290. The number of carbonyl (C=O) groups is 1. The second kappa shape index (κ2) is 6.70. The minimum atomic E-state index is -0.312. The molecule has 0 saturated heterocycles. The molecule has 4 heteroatoms. The largest absolute Gasteiger partial charge is 0.350 e. The third-order valence-corrected chi connectivity index (χ3v) is 5.13. The maximum Gasteiger partial charge on any atom is 0.224 e. The summed E-state index contributed by atoms with van der Waals surface area (Å²) in [5, 5.41) is 3.89. The van der Waals surface area contributed by atoms with Crippen LogP contribution >= 0.6 is 15.9 Å². The van der Waals surface area contributed by atoms with Crippen LogP contribution in [-0.4, -0.2) is 16.8 Å². The van der Waals surface area contributed by atoms with Crippen molar-refractivity contribution in [2.45, 2.75) is 44.6 Å². The van der Waals surface area contributed by atoms with Crippen LogP contribution in [0.3, 0.4) is 0 Å². The molecule has 0 radical (unpaired) electrons. The van der Waals surface area contributed by atoms with Crippen molar-refractivity contribution in [1.82, 2.24) is 5.32 Å². The molecule has 1 N–H and O–H groups in total. The van der Waals surface area contributed by atoms with Crippen molar-refractivity contribution in [3.05, 3.63) is 35.6 Å². The van der Waals surface area contributed by atoms with Crippen LogP contribution in [0.4, 0.5) is 4.39 Å². The Hall–Kier alpha value is -0.900. The minimum absolute atomic E-state index is 0.0938. The summed E-state index contributed by atoms with van der Waals surface area (Å²) in [5.74, 6) is 0.214. The van der Waals surface area contributed by atoms with Crippen molar-refractivity contribution in [2.75, 3.05) is 5.33 Å². The van der Waals surface area contributed by atoms with Gasteiger partial charge in [-0.3, -0.25) is 4.79 Å². The molecule has 1 aliphatic rings. The first kappa shape index (κ1) is 15.5. The lowest BCUT2D eigenvalue weighted by atomic mass is 9.77. The predicted octanol–water partition coefficient (Wildman–Crippen LogP) is 3.83. The zero-order valence-corrected chi connectivity index (χ0v) is 13.4. The molecule has 2 rings (SSSR count). The van der Waals surface area contributed by atoms with Crippen LogP contribution in [0.15, 0.2) is 24.3 Å². The Kier molecular flexibility index (Phi) is 5.19. The van der Waals surface area contributed by atoms with Crippen LogP contribution in [-0.2, 0) is 11.2 Å². The molecular formula is C16H21BrFNO. The van der Waals surface area contributed by atoms with Crippen LogP contribution in [0.1, 0.15) is 38.2 Å². The van der Waals surface area contributed by atoms with E-state index in [0.29, 0.717) is 11.5 Å². The van der Waals surface area contributed by atoms with Gasteiger partial charge in [-0.2, -0.15) is 0 Å². The summed E-state index contributed by atoms with van der Waals surface area (Å²) in [6.45, 7) is 2.22. The van der Waals surface area contributed by atoms with Gasteiger partial charge in [-0.1, -0.05) is 53.9 Å². The number of carbonyl (C=O) groups excluding carboxylic acids is 1. The molecule has 20 heavy (non-hydrogen) atoms. The van der Waals surface area contributed by atoms with Gasteiger partial charge in [0.2, 0.25) is 5.91 Å². The van der Waals surface area contributed by atoms with Gasteiger partial charge in [0.25, 0.3) is 0 Å². The van der Waals surface area contributed by atoms with Gasteiger partial charge >= 0.3 is 0 Å². The Balaban J connectivity index is 2.01. The van der Waals surface area contributed by atoms with Gasteiger partial charge < -0.3 is 5.32 Å². The Morgan fingerprint density at radius 1 is 1.50 bits per heavy atom. The molecule has 0 heterocycles. The molecule has 0 bridgehead atoms. The molecule has 2 atom stereocenters. The molecule has 1 amide bonds. The molecule has 110 valence electrons. The van der Waals surface area contributed by atoms with E-state index in [-0.39, 0.29) is 23.7 Å². The van der Waals surface area contributed by atoms with Gasteiger partial charge in [-0.05, 0) is 30.4 Å². The van der Waals surface area contributed by atoms with Crippen LogP contribution in [0.5, 0.6) is 0 Å². The number of halogens is 2. The molecule has 1 aromatic carbocycles. The monoisotopic (exact) mass is 341 g/mol. The fourth-order valence-corrected chi connectivity index (χ4v) is 3.73. The van der Waals surface area contributed by atoms with E-state index in [2.05, 4.69) is 28.2 Å². The van der Waals surface area contributed by atoms with E-state index >= 15 is 0 Å². The maximum atomic E-state index is 13.6. The number of benzene rings is 1. The predicted molar refractivity (Wildman–Crippen MR) is 82.4 cm³/mol. The molecule has 0 aromatic heterocycles. The third-order valence-electron chi connectivity index (χ3n) is 4.06. The number of hydrogen-bond donors (Lipinski definition) is 1. The Labute approximate surface area is 128 Å². The second-order valence-corrected chi connectivity index (χ2v) is 6.49. The molecule has 1 aliphatic carbocycles. The third kappa shape index (κ3) is 3.81. The Morgan fingerprint density at radius 3 is 2.90 bits per heavy atom. The fraction of sp³-hybridized carbons (Fsp3) is 0.562. The standard InChI is InChI=1S/C16H21BrFNO/c1-12-5-4-8-16(10-12,11-17)19-15(20)9-13-6-2-3-7-14(13)18/h2-3,6-7,12H,4-5,8-11H2,1H3,(H,19,20). The summed E-state index contributed by atoms with van der Waals surface area (Å²) in [7, 11) is 0. The van der Waals surface area contributed by atoms with Crippen molar-refractivity contribution in [1.29, 1.82) is 0 Å². The summed E-state index contributed by atoms with van der Waals surface area (Å²) >= 11 is 3.54. The van der Waals surface area contributed by atoms with E-state index in [0.717, 1.165) is 24.6 Å². The number of rotatable bonds is 4. The van der Waals surface area contributed by atoms with Gasteiger partial charge in [0, 0.05) is 10.9 Å². The lowest BCUT2D eigenvalue weighted by Gasteiger charge is -2.39. The zero-order valence-electron chi connectivity index (χ0n) is 11.8. The van der Waals surface area contributed by atoms with Crippen molar-refractivity contribution in [2.24, 2.45) is 5.92 Å². The highest BCUT2D eigenvalue weighted by Crippen LogP contribution is 2.33. The SMILES string of the molecule is CC1CCCC(CBr)(NC(=O)Cc2ccccc2F)C1. The average Bonchev–Trinajstić information content (AvgIpc) is 2.41. The Bertz CT molecular complexity index is 479. The lowest BCUT2D eigenvalue weighted by molar-refractivity contribution is -0.122. The van der Waals surface area contributed by atoms with Crippen LogP contribution in [0.25, 0.3) is 0 Å². The molecule has 1 aromatic rings. The highest BCUT2D eigenvalue weighted by molar-refractivity contribution is 9.09. The quantitative estimate of drug-likeness (QED) is 0.828. The van der Waals surface area contributed by atoms with E-state index in [1.54, 1.807) is 18.2 Å². The number of alkyl halides is 1. The van der Waals surface area contributed by atoms with E-state index in [9.17, 15) is 9.18 Å². The van der Waals surface area contributed by atoms with Crippen molar-refractivity contribution in [3.63, 3.8) is 0 Å². The molecule has 1 fully saturated rings. The van der Waals surface area contributed by atoms with Gasteiger partial charge in [0.05, 0.1) is 6.42 Å². The maximum absolute atomic E-state index is 13.6. The molecule has 2 nitrogen and oxygen atoms in total. The van der Waals surface area contributed by atoms with Gasteiger partial charge in [0.1, 0.15) is 5.82 Å². The van der Waals surface area contributed by atoms with Crippen LogP contribution in [0, 0.1) is 11.7 Å². The van der Waals surface area contributed by atoms with E-state index < -0.39 is 0 Å². The molecule has 2 unspecified atom stereocenters. The average molecular weight is 342 g/mol. The first-order chi connectivity index (χ1) is 9.54. The zero-order chi connectivity index (χ0) is 14.6. The normalized spacial score (nSPS) is 26.2. The number of nitrogens with one attached hydrogen (secondary N) is 1. The van der Waals surface area contributed by atoms with E-state index in [4.69, 9.17) is 0 Å². The molecular weight excluding hydrogens is 321 g/mol. The van der Waals surface area contributed by atoms with Gasteiger partial charge in [0.15, 0.2) is 0 Å². The summed E-state index contributed by atoms with van der Waals surface area (Å²) < 4.78 is 13.6. The highest BCUT2D eigenvalue weighted by Gasteiger charge is 2.35. The first-order valence-electron chi connectivity index (χ1n) is 7.15. The van der Waals surface area contributed by atoms with Crippen molar-refractivity contribution >= 4 is 21.8 Å². The molecule has 0 aliphatic heterocycles. The first-order valence-corrected chi connectivity index (χ1v) is 8.27. The minimum Gasteiger partial charge on any atom is -0.350 e. The second-order valence-electron chi connectivity index (χ2n) is 5.93. The summed E-state index contributed by atoms with van der Waals surface area (Å²) in [4.78, 5) is 12.2. The fourth-order valence-electron chi connectivity index (χ4n) is 3.08.